The molecule has 1 aliphatic rings. The van der Waals surface area contributed by atoms with Gasteiger partial charge in [-0.25, -0.2) is 0 Å². The SMILES string of the molecule is Cc1nn(CC(C)C)c2sc(C(=O)N3CCN(c4ccccc4)CC3)cc12. The highest BCUT2D eigenvalue weighted by Gasteiger charge is 2.25. The number of carbonyl (C=O) groups is 1. The van der Waals surface area contributed by atoms with Crippen molar-refractivity contribution in [2.24, 2.45) is 5.92 Å². The number of piperazine rings is 1. The maximum Gasteiger partial charge on any atom is 0.264 e. The lowest BCUT2D eigenvalue weighted by Crippen LogP contribution is -2.48. The maximum absolute atomic E-state index is 13.0. The Kier molecular flexibility index (Phi) is 4.91. The molecule has 0 radical (unpaired) electrons. The first kappa shape index (κ1) is 18.0. The van der Waals surface area contributed by atoms with Crippen molar-refractivity contribution in [2.75, 3.05) is 31.1 Å². The van der Waals surface area contributed by atoms with Gasteiger partial charge in [-0.15, -0.1) is 11.3 Å². The van der Waals surface area contributed by atoms with E-state index in [1.165, 1.54) is 5.69 Å². The Bertz CT molecular complexity index is 936. The average molecular weight is 383 g/mol. The minimum Gasteiger partial charge on any atom is -0.368 e. The van der Waals surface area contributed by atoms with Crippen LogP contribution in [0.2, 0.25) is 0 Å². The number of hydrogen-bond acceptors (Lipinski definition) is 4. The molecule has 0 N–H and O–H groups in total. The monoisotopic (exact) mass is 382 g/mol. The second-order valence-electron chi connectivity index (χ2n) is 7.61. The van der Waals surface area contributed by atoms with Crippen molar-refractivity contribution in [2.45, 2.75) is 27.3 Å². The summed E-state index contributed by atoms with van der Waals surface area (Å²) >= 11 is 1.58. The smallest absolute Gasteiger partial charge is 0.264 e. The highest BCUT2D eigenvalue weighted by Crippen LogP contribution is 2.30. The Morgan fingerprint density at radius 1 is 1.15 bits per heavy atom. The van der Waals surface area contributed by atoms with Crippen LogP contribution in [-0.2, 0) is 6.54 Å². The van der Waals surface area contributed by atoms with Crippen LogP contribution in [0.1, 0.15) is 29.2 Å². The van der Waals surface area contributed by atoms with Crippen molar-refractivity contribution >= 4 is 33.1 Å². The Labute approximate surface area is 164 Å². The standard InChI is InChI=1S/C21H26N4OS/c1-15(2)14-25-21-18(16(3)22-25)13-19(27-21)20(26)24-11-9-23(10-12-24)17-7-5-4-6-8-17/h4-8,13,15H,9-12,14H2,1-3H3. The Hall–Kier alpha value is -2.34. The highest BCUT2D eigenvalue weighted by atomic mass is 32.1. The Morgan fingerprint density at radius 3 is 2.52 bits per heavy atom. The molecule has 3 aromatic rings. The summed E-state index contributed by atoms with van der Waals surface area (Å²) < 4.78 is 2.06. The molecular weight excluding hydrogens is 356 g/mol. The van der Waals surface area contributed by atoms with Gasteiger partial charge in [-0.2, -0.15) is 5.10 Å². The third kappa shape index (κ3) is 3.58. The molecule has 1 aliphatic heterocycles. The van der Waals surface area contributed by atoms with Crippen molar-refractivity contribution in [1.29, 1.82) is 0 Å². The molecule has 1 saturated heterocycles. The van der Waals surface area contributed by atoms with E-state index in [9.17, 15) is 4.79 Å². The summed E-state index contributed by atoms with van der Waals surface area (Å²) in [4.78, 5) is 19.3. The van der Waals surface area contributed by atoms with Crippen LogP contribution in [0, 0.1) is 12.8 Å². The van der Waals surface area contributed by atoms with E-state index >= 15 is 0 Å². The molecule has 0 atom stereocenters. The second kappa shape index (κ2) is 7.35. The van der Waals surface area contributed by atoms with Crippen LogP contribution in [0.3, 0.4) is 0 Å². The van der Waals surface area contributed by atoms with E-state index in [-0.39, 0.29) is 5.91 Å². The minimum atomic E-state index is 0.152. The molecule has 4 rings (SSSR count). The molecular formula is C21H26N4OS. The zero-order valence-electron chi connectivity index (χ0n) is 16.2. The molecule has 1 aromatic carbocycles. The molecule has 2 aromatic heterocycles. The summed E-state index contributed by atoms with van der Waals surface area (Å²) in [5.41, 5.74) is 2.24. The van der Waals surface area contributed by atoms with Crippen LogP contribution in [0.5, 0.6) is 0 Å². The predicted octanol–water partition coefficient (Wildman–Crippen LogP) is 4.02. The van der Waals surface area contributed by atoms with E-state index in [4.69, 9.17) is 0 Å². The van der Waals surface area contributed by atoms with Crippen molar-refractivity contribution in [1.82, 2.24) is 14.7 Å². The minimum absolute atomic E-state index is 0.152. The van der Waals surface area contributed by atoms with Gasteiger partial charge in [0.05, 0.1) is 10.6 Å². The largest absolute Gasteiger partial charge is 0.368 e. The number of aryl methyl sites for hydroxylation is 1. The molecule has 142 valence electrons. The van der Waals surface area contributed by atoms with Crippen LogP contribution in [0.25, 0.3) is 10.2 Å². The number of thiophene rings is 1. The van der Waals surface area contributed by atoms with Gasteiger partial charge >= 0.3 is 0 Å². The van der Waals surface area contributed by atoms with Gasteiger partial charge in [-0.05, 0) is 31.0 Å². The van der Waals surface area contributed by atoms with Crippen molar-refractivity contribution in [3.8, 4) is 0 Å². The summed E-state index contributed by atoms with van der Waals surface area (Å²) in [6.45, 7) is 10.6. The van der Waals surface area contributed by atoms with E-state index in [1.807, 2.05) is 24.0 Å². The van der Waals surface area contributed by atoms with E-state index in [2.05, 4.69) is 52.8 Å². The first-order valence-corrected chi connectivity index (χ1v) is 10.4. The summed E-state index contributed by atoms with van der Waals surface area (Å²) in [6, 6.07) is 12.5. The number of amides is 1. The van der Waals surface area contributed by atoms with Gasteiger partial charge in [0.2, 0.25) is 0 Å². The van der Waals surface area contributed by atoms with Gasteiger partial charge < -0.3 is 9.80 Å². The van der Waals surface area contributed by atoms with E-state index in [1.54, 1.807) is 11.3 Å². The van der Waals surface area contributed by atoms with Gasteiger partial charge in [0.15, 0.2) is 0 Å². The molecule has 6 heteroatoms. The number of para-hydroxylation sites is 1. The number of nitrogens with zero attached hydrogens (tertiary/aromatic N) is 4. The van der Waals surface area contributed by atoms with E-state index in [0.29, 0.717) is 5.92 Å². The molecule has 1 fully saturated rings. The fourth-order valence-electron chi connectivity index (χ4n) is 3.65. The van der Waals surface area contributed by atoms with Gasteiger partial charge in [0.25, 0.3) is 5.91 Å². The molecule has 0 bridgehead atoms. The van der Waals surface area contributed by atoms with E-state index < -0.39 is 0 Å². The lowest BCUT2D eigenvalue weighted by molar-refractivity contribution is 0.0751. The average Bonchev–Trinajstić information content (AvgIpc) is 3.23. The molecule has 3 heterocycles. The maximum atomic E-state index is 13.0. The van der Waals surface area contributed by atoms with Gasteiger partial charge in [-0.3, -0.25) is 9.48 Å². The number of anilines is 1. The molecule has 0 saturated carbocycles. The first-order valence-electron chi connectivity index (χ1n) is 9.59. The highest BCUT2D eigenvalue weighted by molar-refractivity contribution is 7.20. The lowest BCUT2D eigenvalue weighted by Gasteiger charge is -2.35. The number of aromatic nitrogens is 2. The van der Waals surface area contributed by atoms with Crippen molar-refractivity contribution in [3.05, 3.63) is 47.0 Å². The molecule has 5 nitrogen and oxygen atoms in total. The predicted molar refractivity (Wildman–Crippen MR) is 112 cm³/mol. The lowest BCUT2D eigenvalue weighted by atomic mass is 10.2. The van der Waals surface area contributed by atoms with Gasteiger partial charge in [0, 0.05) is 43.8 Å². The van der Waals surface area contributed by atoms with Crippen LogP contribution < -0.4 is 4.90 Å². The third-order valence-electron chi connectivity index (χ3n) is 5.04. The zero-order valence-corrected chi connectivity index (χ0v) is 17.0. The quantitative estimate of drug-likeness (QED) is 0.684. The number of fused-ring (bicyclic) bond motifs is 1. The number of benzene rings is 1. The van der Waals surface area contributed by atoms with Crippen LogP contribution in [0.15, 0.2) is 36.4 Å². The molecule has 0 aliphatic carbocycles. The van der Waals surface area contributed by atoms with E-state index in [0.717, 1.165) is 53.5 Å². The molecule has 0 spiro atoms. The van der Waals surface area contributed by atoms with Crippen LogP contribution in [-0.4, -0.2) is 46.8 Å². The number of rotatable bonds is 4. The molecule has 27 heavy (non-hydrogen) atoms. The number of hydrogen-bond donors (Lipinski definition) is 0. The van der Waals surface area contributed by atoms with Gasteiger partial charge in [-0.1, -0.05) is 32.0 Å². The van der Waals surface area contributed by atoms with Crippen LogP contribution in [0.4, 0.5) is 5.69 Å². The van der Waals surface area contributed by atoms with Crippen molar-refractivity contribution in [3.63, 3.8) is 0 Å². The van der Waals surface area contributed by atoms with Crippen molar-refractivity contribution < 1.29 is 4.79 Å². The summed E-state index contributed by atoms with van der Waals surface area (Å²) in [7, 11) is 0. The summed E-state index contributed by atoms with van der Waals surface area (Å²) in [5, 5.41) is 5.76. The zero-order chi connectivity index (χ0) is 19.0. The second-order valence-corrected chi connectivity index (χ2v) is 8.64. The summed E-state index contributed by atoms with van der Waals surface area (Å²) in [5.74, 6) is 0.680. The fourth-order valence-corrected chi connectivity index (χ4v) is 4.79. The number of carbonyl (C=O) groups excluding carboxylic acids is 1. The summed E-state index contributed by atoms with van der Waals surface area (Å²) in [6.07, 6.45) is 0. The third-order valence-corrected chi connectivity index (χ3v) is 6.18. The normalized spacial score (nSPS) is 15.1. The fraction of sp³-hybridized carbons (Fsp3) is 0.429. The Balaban J connectivity index is 1.49. The molecule has 0 unspecified atom stereocenters. The molecule has 1 amide bonds. The topological polar surface area (TPSA) is 41.4 Å². The Morgan fingerprint density at radius 2 is 1.85 bits per heavy atom. The van der Waals surface area contributed by atoms with Gasteiger partial charge in [0.1, 0.15) is 4.83 Å². The first-order chi connectivity index (χ1) is 13.0. The van der Waals surface area contributed by atoms with Crippen LogP contribution >= 0.6 is 11.3 Å².